The number of hydrogen-bond acceptors (Lipinski definition) is 12. The number of carbonyl (C=O) groups is 1. The van der Waals surface area contributed by atoms with Crippen molar-refractivity contribution < 1.29 is 24.4 Å². The molecule has 0 saturated carbocycles. The van der Waals surface area contributed by atoms with Gasteiger partial charge in [-0.25, -0.2) is 9.78 Å². The Morgan fingerprint density at radius 3 is 2.26 bits per heavy atom. The van der Waals surface area contributed by atoms with E-state index in [1.54, 1.807) is 35.3 Å². The van der Waals surface area contributed by atoms with Crippen molar-refractivity contribution in [2.75, 3.05) is 74.9 Å². The summed E-state index contributed by atoms with van der Waals surface area (Å²) in [6, 6.07) is 0. The number of carbonyl (C=O) groups excluding carboxylic acids is 1. The lowest BCUT2D eigenvalue weighted by Gasteiger charge is -2.05. The lowest BCUT2D eigenvalue weighted by Crippen LogP contribution is -2.10. The van der Waals surface area contributed by atoms with E-state index < -0.39 is 0 Å². The first-order chi connectivity index (χ1) is 13.3. The molecule has 0 bridgehead atoms. The van der Waals surface area contributed by atoms with Gasteiger partial charge in [0.2, 0.25) is 0 Å². The summed E-state index contributed by atoms with van der Waals surface area (Å²) in [5, 5.41) is 12.6. The normalized spacial score (nSPS) is 11.0. The summed E-state index contributed by atoms with van der Waals surface area (Å²) in [6.07, 6.45) is 0. The summed E-state index contributed by atoms with van der Waals surface area (Å²) in [6.45, 7) is 3.37. The molecule has 0 aromatic heterocycles. The van der Waals surface area contributed by atoms with E-state index in [4.69, 9.17) is 19.6 Å². The van der Waals surface area contributed by atoms with Crippen molar-refractivity contribution in [3.63, 3.8) is 0 Å². The van der Waals surface area contributed by atoms with Crippen LogP contribution in [0.5, 0.6) is 0 Å². The molecule has 0 aromatic carbocycles. The number of rotatable bonds is 22. The minimum Gasteiger partial charge on any atom is -0.464 e. The van der Waals surface area contributed by atoms with Crippen molar-refractivity contribution in [1.82, 2.24) is 0 Å². The largest absolute Gasteiger partial charge is 0.464 e. The first-order valence-corrected chi connectivity index (χ1v) is 16.4. The summed E-state index contributed by atoms with van der Waals surface area (Å²) in [5.41, 5.74) is 0. The minimum atomic E-state index is -0.154. The standard InChI is InChI=1S/C15H30O5S7/c1-2-21-11-25-10-20-19-5-8-23-12-26-14-27-13-24-9-15(17)18-4-7-22-6-3-16/h16H,2-14H2,1H3. The Kier molecular flexibility index (Phi) is 27.6. The summed E-state index contributed by atoms with van der Waals surface area (Å²) in [4.78, 5) is 21.7. The lowest BCUT2D eigenvalue weighted by atomic mass is 10.8. The molecule has 12 heteroatoms. The van der Waals surface area contributed by atoms with Gasteiger partial charge in [0.05, 0.1) is 19.0 Å². The number of aliphatic hydroxyl groups excluding tert-OH is 1. The van der Waals surface area contributed by atoms with Crippen LogP contribution >= 0.6 is 82.3 Å². The van der Waals surface area contributed by atoms with E-state index in [9.17, 15) is 4.79 Å². The van der Waals surface area contributed by atoms with Crippen LogP contribution in [0.4, 0.5) is 0 Å². The van der Waals surface area contributed by atoms with E-state index in [1.165, 1.54) is 0 Å². The van der Waals surface area contributed by atoms with E-state index in [-0.39, 0.29) is 12.6 Å². The number of thioether (sulfide) groups is 7. The Hall–Kier alpha value is 1.80. The molecular formula is C15H30O5S7. The highest BCUT2D eigenvalue weighted by Crippen LogP contribution is 2.21. The van der Waals surface area contributed by atoms with Gasteiger partial charge in [-0.1, -0.05) is 6.92 Å². The molecule has 0 unspecified atom stereocenters. The van der Waals surface area contributed by atoms with Crippen LogP contribution in [0.15, 0.2) is 0 Å². The zero-order valence-electron chi connectivity index (χ0n) is 15.6. The van der Waals surface area contributed by atoms with Crippen molar-refractivity contribution in [1.29, 1.82) is 0 Å². The molecule has 0 atom stereocenters. The van der Waals surface area contributed by atoms with Crippen molar-refractivity contribution in [2.24, 2.45) is 0 Å². The molecule has 0 aromatic rings. The second kappa shape index (κ2) is 25.8. The SMILES string of the molecule is CCSCSCOOCCSCSCSCSCC(=O)OCCSCCO. The monoisotopic (exact) mass is 514 g/mol. The van der Waals surface area contributed by atoms with Gasteiger partial charge in [-0.2, -0.15) is 23.5 Å². The molecule has 0 aliphatic rings. The Morgan fingerprint density at radius 2 is 1.48 bits per heavy atom. The van der Waals surface area contributed by atoms with E-state index in [0.717, 1.165) is 37.6 Å². The molecular weight excluding hydrogens is 485 g/mol. The fourth-order valence-electron chi connectivity index (χ4n) is 1.25. The highest BCUT2D eigenvalue weighted by atomic mass is 32.2. The van der Waals surface area contributed by atoms with Gasteiger partial charge in [0, 0.05) is 37.6 Å². The number of ether oxygens (including phenoxy) is 1. The van der Waals surface area contributed by atoms with Crippen molar-refractivity contribution in [3.05, 3.63) is 0 Å². The topological polar surface area (TPSA) is 65.0 Å². The van der Waals surface area contributed by atoms with E-state index >= 15 is 0 Å². The molecule has 0 fully saturated rings. The van der Waals surface area contributed by atoms with Gasteiger partial charge in [-0.3, -0.25) is 4.79 Å². The summed E-state index contributed by atoms with van der Waals surface area (Å²) in [7, 11) is 0. The Bertz CT molecular complexity index is 316. The Labute approximate surface area is 193 Å². The maximum atomic E-state index is 11.5. The minimum absolute atomic E-state index is 0.154. The Morgan fingerprint density at radius 1 is 0.778 bits per heavy atom. The summed E-state index contributed by atoms with van der Waals surface area (Å²) in [5.74, 6) is 4.35. The lowest BCUT2D eigenvalue weighted by molar-refractivity contribution is -0.274. The van der Waals surface area contributed by atoms with E-state index in [1.807, 2.05) is 47.0 Å². The third-order valence-corrected chi connectivity index (χ3v) is 10.2. The van der Waals surface area contributed by atoms with Gasteiger partial charge in [-0.15, -0.1) is 58.8 Å². The van der Waals surface area contributed by atoms with Crippen LogP contribution in [0, 0.1) is 0 Å². The predicted octanol–water partition coefficient (Wildman–Crippen LogP) is 4.41. The second-order valence-electron chi connectivity index (χ2n) is 4.45. The summed E-state index contributed by atoms with van der Waals surface area (Å²) < 4.78 is 5.11. The zero-order valence-corrected chi connectivity index (χ0v) is 21.3. The molecule has 0 rings (SSSR count). The maximum Gasteiger partial charge on any atom is 0.315 e. The highest BCUT2D eigenvalue weighted by molar-refractivity contribution is 8.26. The third-order valence-electron chi connectivity index (χ3n) is 2.34. The van der Waals surface area contributed by atoms with Crippen LogP contribution in [0.3, 0.4) is 0 Å². The third kappa shape index (κ3) is 25.8. The van der Waals surface area contributed by atoms with Crippen LogP contribution in [0.25, 0.3) is 0 Å². The van der Waals surface area contributed by atoms with Crippen molar-refractivity contribution in [3.8, 4) is 0 Å². The van der Waals surface area contributed by atoms with Gasteiger partial charge < -0.3 is 9.84 Å². The van der Waals surface area contributed by atoms with Gasteiger partial charge in [0.1, 0.15) is 12.5 Å². The van der Waals surface area contributed by atoms with Crippen LogP contribution in [-0.2, 0) is 19.3 Å². The van der Waals surface area contributed by atoms with Gasteiger partial charge >= 0.3 is 5.97 Å². The molecule has 5 nitrogen and oxygen atoms in total. The molecule has 0 aliphatic carbocycles. The molecule has 0 amide bonds. The maximum absolute atomic E-state index is 11.5. The molecule has 0 heterocycles. The first kappa shape index (κ1) is 28.8. The van der Waals surface area contributed by atoms with Crippen molar-refractivity contribution >= 4 is 88.3 Å². The quantitative estimate of drug-likeness (QED) is 0.0732. The fourth-order valence-corrected chi connectivity index (χ4v) is 7.75. The van der Waals surface area contributed by atoms with Crippen LogP contribution < -0.4 is 0 Å². The Balaban J connectivity index is 3.09. The van der Waals surface area contributed by atoms with Crippen molar-refractivity contribution in [2.45, 2.75) is 6.92 Å². The molecule has 27 heavy (non-hydrogen) atoms. The van der Waals surface area contributed by atoms with Crippen LogP contribution in [0.1, 0.15) is 6.92 Å². The number of esters is 1. The number of aliphatic hydroxyl groups is 1. The highest BCUT2D eigenvalue weighted by Gasteiger charge is 2.03. The van der Waals surface area contributed by atoms with E-state index in [0.29, 0.717) is 30.7 Å². The zero-order chi connectivity index (χ0) is 19.8. The fraction of sp³-hybridized carbons (Fsp3) is 0.933. The molecule has 0 aliphatic heterocycles. The smallest absolute Gasteiger partial charge is 0.315 e. The summed E-state index contributed by atoms with van der Waals surface area (Å²) >= 11 is 12.3. The number of hydrogen-bond donors (Lipinski definition) is 1. The second-order valence-corrected chi connectivity index (χ2v) is 13.4. The molecule has 1 N–H and O–H groups in total. The first-order valence-electron chi connectivity index (χ1n) is 8.36. The van der Waals surface area contributed by atoms with Gasteiger partial charge in [-0.05, 0) is 5.75 Å². The average Bonchev–Trinajstić information content (AvgIpc) is 2.67. The molecule has 0 radical (unpaired) electrons. The average molecular weight is 515 g/mol. The predicted molar refractivity (Wildman–Crippen MR) is 133 cm³/mol. The molecule has 0 spiro atoms. The van der Waals surface area contributed by atoms with Crippen LogP contribution in [0.2, 0.25) is 0 Å². The van der Waals surface area contributed by atoms with Gasteiger partial charge in [0.25, 0.3) is 0 Å². The van der Waals surface area contributed by atoms with Gasteiger partial charge in [0.15, 0.2) is 0 Å². The molecule has 162 valence electrons. The van der Waals surface area contributed by atoms with E-state index in [2.05, 4.69) is 6.92 Å². The molecule has 0 saturated heterocycles. The van der Waals surface area contributed by atoms with Crippen LogP contribution in [-0.4, -0.2) is 85.9 Å².